The van der Waals surface area contributed by atoms with Gasteiger partial charge in [0.25, 0.3) is 0 Å². The molecule has 1 amide bonds. The molecule has 0 bridgehead atoms. The van der Waals surface area contributed by atoms with E-state index >= 15 is 0 Å². The van der Waals surface area contributed by atoms with Crippen LogP contribution in [0.5, 0.6) is 0 Å². The second-order valence-corrected chi connectivity index (χ2v) is 6.63. The third kappa shape index (κ3) is 6.04. The van der Waals surface area contributed by atoms with Gasteiger partial charge in [0.1, 0.15) is 0 Å². The fourth-order valence-corrected chi connectivity index (χ4v) is 2.88. The van der Waals surface area contributed by atoms with E-state index in [1.165, 1.54) is 5.56 Å². The minimum Gasteiger partial charge on any atom is -0.355 e. The molecule has 0 radical (unpaired) electrons. The van der Waals surface area contributed by atoms with Gasteiger partial charge in [-0.3, -0.25) is 9.78 Å². The number of fused-ring (bicyclic) bond motifs is 1. The van der Waals surface area contributed by atoms with Gasteiger partial charge in [0.2, 0.25) is 5.91 Å². The molecule has 0 unspecified atom stereocenters. The fourth-order valence-electron chi connectivity index (χ4n) is 2.88. The second kappa shape index (κ2) is 9.64. The summed E-state index contributed by atoms with van der Waals surface area (Å²) in [6.07, 6.45) is 6.40. The van der Waals surface area contributed by atoms with E-state index in [1.807, 2.05) is 48.5 Å². The van der Waals surface area contributed by atoms with E-state index < -0.39 is 0 Å². The molecule has 1 N–H and O–H groups in total. The predicted octanol–water partition coefficient (Wildman–Crippen LogP) is 3.54. The lowest BCUT2D eigenvalue weighted by atomic mass is 10.1. The van der Waals surface area contributed by atoms with Crippen molar-refractivity contribution in [2.45, 2.75) is 6.42 Å². The van der Waals surface area contributed by atoms with Crippen LogP contribution in [0.15, 0.2) is 72.9 Å². The summed E-state index contributed by atoms with van der Waals surface area (Å²) in [7, 11) is 2.05. The van der Waals surface area contributed by atoms with Crippen LogP contribution in [-0.4, -0.2) is 42.5 Å². The van der Waals surface area contributed by atoms with Crippen LogP contribution in [0.2, 0.25) is 0 Å². The van der Waals surface area contributed by atoms with Gasteiger partial charge in [0.05, 0.1) is 11.9 Å². The maximum absolute atomic E-state index is 12.2. The van der Waals surface area contributed by atoms with Gasteiger partial charge in [-0.2, -0.15) is 0 Å². The van der Waals surface area contributed by atoms with Crippen molar-refractivity contribution in [2.75, 3.05) is 26.7 Å². The van der Waals surface area contributed by atoms with Gasteiger partial charge in [-0.05, 0) is 30.3 Å². The summed E-state index contributed by atoms with van der Waals surface area (Å²) in [5, 5.41) is 4.08. The Kier molecular flexibility index (Phi) is 6.72. The van der Waals surface area contributed by atoms with E-state index in [9.17, 15) is 4.79 Å². The van der Waals surface area contributed by atoms with Crippen molar-refractivity contribution in [3.63, 3.8) is 0 Å². The van der Waals surface area contributed by atoms with E-state index in [4.69, 9.17) is 0 Å². The lowest BCUT2D eigenvalue weighted by Crippen LogP contribution is -2.33. The average molecular weight is 359 g/mol. The minimum absolute atomic E-state index is 0.0403. The van der Waals surface area contributed by atoms with Crippen LogP contribution in [0.4, 0.5) is 0 Å². The summed E-state index contributed by atoms with van der Waals surface area (Å²) in [4.78, 5) is 18.7. The van der Waals surface area contributed by atoms with Gasteiger partial charge in [-0.25, -0.2) is 0 Å². The Balaban J connectivity index is 1.39. The van der Waals surface area contributed by atoms with E-state index in [0.717, 1.165) is 29.6 Å². The SMILES string of the molecule is CN(C/C=C/c1ccccc1)CCNC(=O)Cc1ccc2cccnc2c1. The standard InChI is InChI=1S/C23H25N3O/c1-26(15-6-9-19-7-3-2-4-8-19)16-14-25-23(27)18-20-11-12-21-10-5-13-24-22(21)17-20/h2-13,17H,14-16,18H2,1H3,(H,25,27)/b9-6+. The molecule has 1 heterocycles. The van der Waals surface area contributed by atoms with Crippen LogP contribution < -0.4 is 5.32 Å². The highest BCUT2D eigenvalue weighted by atomic mass is 16.1. The van der Waals surface area contributed by atoms with Gasteiger partial charge < -0.3 is 10.2 Å². The van der Waals surface area contributed by atoms with Crippen LogP contribution in [-0.2, 0) is 11.2 Å². The zero-order valence-corrected chi connectivity index (χ0v) is 15.6. The lowest BCUT2D eigenvalue weighted by molar-refractivity contribution is -0.120. The monoisotopic (exact) mass is 359 g/mol. The van der Waals surface area contributed by atoms with Crippen molar-refractivity contribution in [1.82, 2.24) is 15.2 Å². The highest BCUT2D eigenvalue weighted by molar-refractivity contribution is 5.82. The Morgan fingerprint density at radius 1 is 1.11 bits per heavy atom. The first-order valence-corrected chi connectivity index (χ1v) is 9.21. The molecule has 0 spiro atoms. The number of aromatic nitrogens is 1. The van der Waals surface area contributed by atoms with Crippen molar-refractivity contribution < 1.29 is 4.79 Å². The number of pyridine rings is 1. The molecule has 0 saturated heterocycles. The summed E-state index contributed by atoms with van der Waals surface area (Å²) in [5.74, 6) is 0.0403. The predicted molar refractivity (Wildman–Crippen MR) is 111 cm³/mol. The molecule has 0 fully saturated rings. The molecule has 4 heteroatoms. The van der Waals surface area contributed by atoms with E-state index in [2.05, 4.69) is 46.5 Å². The molecule has 0 atom stereocenters. The third-order valence-corrected chi connectivity index (χ3v) is 4.38. The quantitative estimate of drug-likeness (QED) is 0.669. The van der Waals surface area contributed by atoms with Crippen molar-refractivity contribution in [3.05, 3.63) is 84.1 Å². The number of nitrogens with zero attached hydrogens (tertiary/aromatic N) is 2. The summed E-state index contributed by atoms with van der Waals surface area (Å²) in [6.45, 7) is 2.30. The Bertz CT molecular complexity index is 906. The first kappa shape index (κ1) is 18.8. The minimum atomic E-state index is 0.0403. The molecule has 0 aliphatic carbocycles. The van der Waals surface area contributed by atoms with Crippen molar-refractivity contribution >= 4 is 22.9 Å². The molecule has 2 aromatic carbocycles. The number of hydrogen-bond donors (Lipinski definition) is 1. The summed E-state index contributed by atoms with van der Waals surface area (Å²) < 4.78 is 0. The number of carbonyl (C=O) groups excluding carboxylic acids is 1. The number of carbonyl (C=O) groups is 1. The summed E-state index contributed by atoms with van der Waals surface area (Å²) in [5.41, 5.74) is 3.11. The van der Waals surface area contributed by atoms with E-state index in [0.29, 0.717) is 13.0 Å². The van der Waals surface area contributed by atoms with Gasteiger partial charge in [-0.15, -0.1) is 0 Å². The molecule has 3 rings (SSSR count). The Morgan fingerprint density at radius 3 is 2.81 bits per heavy atom. The summed E-state index contributed by atoms with van der Waals surface area (Å²) >= 11 is 0. The number of hydrogen-bond acceptors (Lipinski definition) is 3. The van der Waals surface area contributed by atoms with Crippen molar-refractivity contribution in [3.8, 4) is 0 Å². The first-order valence-electron chi connectivity index (χ1n) is 9.21. The Hall–Kier alpha value is -2.98. The lowest BCUT2D eigenvalue weighted by Gasteiger charge is -2.14. The average Bonchev–Trinajstić information content (AvgIpc) is 2.69. The number of amides is 1. The van der Waals surface area contributed by atoms with Crippen molar-refractivity contribution in [2.24, 2.45) is 0 Å². The molecule has 1 aromatic heterocycles. The molecule has 0 saturated carbocycles. The third-order valence-electron chi connectivity index (χ3n) is 4.38. The maximum atomic E-state index is 12.2. The molecule has 0 aliphatic heterocycles. The smallest absolute Gasteiger partial charge is 0.224 e. The number of rotatable bonds is 8. The number of likely N-dealkylation sites (N-methyl/N-ethyl adjacent to an activating group) is 1. The largest absolute Gasteiger partial charge is 0.355 e. The molecule has 4 nitrogen and oxygen atoms in total. The van der Waals surface area contributed by atoms with Gasteiger partial charge >= 0.3 is 0 Å². The summed E-state index contributed by atoms with van der Waals surface area (Å²) in [6, 6.07) is 20.2. The Labute approximate surface area is 160 Å². The van der Waals surface area contributed by atoms with Crippen LogP contribution in [0.25, 0.3) is 17.0 Å². The van der Waals surface area contributed by atoms with E-state index in [1.54, 1.807) is 6.20 Å². The zero-order valence-electron chi connectivity index (χ0n) is 15.6. The highest BCUT2D eigenvalue weighted by Crippen LogP contribution is 2.13. The highest BCUT2D eigenvalue weighted by Gasteiger charge is 2.05. The van der Waals surface area contributed by atoms with Gasteiger partial charge in [0.15, 0.2) is 0 Å². The zero-order chi connectivity index (χ0) is 18.9. The molecule has 27 heavy (non-hydrogen) atoms. The Morgan fingerprint density at radius 2 is 1.96 bits per heavy atom. The number of benzene rings is 2. The molecular weight excluding hydrogens is 334 g/mol. The van der Waals surface area contributed by atoms with Gasteiger partial charge in [0, 0.05) is 31.2 Å². The van der Waals surface area contributed by atoms with Crippen LogP contribution in [0.1, 0.15) is 11.1 Å². The van der Waals surface area contributed by atoms with E-state index in [-0.39, 0.29) is 5.91 Å². The van der Waals surface area contributed by atoms with Crippen LogP contribution >= 0.6 is 0 Å². The van der Waals surface area contributed by atoms with Gasteiger partial charge in [-0.1, -0.05) is 60.7 Å². The van der Waals surface area contributed by atoms with Crippen LogP contribution in [0, 0.1) is 0 Å². The number of nitrogens with one attached hydrogen (secondary N) is 1. The van der Waals surface area contributed by atoms with Crippen LogP contribution in [0.3, 0.4) is 0 Å². The molecule has 138 valence electrons. The molecule has 0 aliphatic rings. The molecular formula is C23H25N3O. The topological polar surface area (TPSA) is 45.2 Å². The normalized spacial score (nSPS) is 11.3. The second-order valence-electron chi connectivity index (χ2n) is 6.63. The molecule has 3 aromatic rings. The van der Waals surface area contributed by atoms with Crippen molar-refractivity contribution in [1.29, 1.82) is 0 Å². The first-order chi connectivity index (χ1) is 13.2. The maximum Gasteiger partial charge on any atom is 0.224 e. The fraction of sp³-hybridized carbons (Fsp3) is 0.217.